The van der Waals surface area contributed by atoms with E-state index < -0.39 is 0 Å². The van der Waals surface area contributed by atoms with Gasteiger partial charge in [-0.05, 0) is 40.5 Å². The van der Waals surface area contributed by atoms with Gasteiger partial charge in [0.25, 0.3) is 0 Å². The molecule has 1 fully saturated rings. The van der Waals surface area contributed by atoms with Gasteiger partial charge in [-0.3, -0.25) is 9.69 Å². The van der Waals surface area contributed by atoms with Crippen LogP contribution in [0, 0.1) is 5.82 Å². The number of carbonyl (C=O) groups is 1. The number of amides is 1. The third-order valence-electron chi connectivity index (χ3n) is 3.54. The average molecular weight is 330 g/mol. The van der Waals surface area contributed by atoms with Gasteiger partial charge in [0.05, 0.1) is 4.47 Å². The Balaban J connectivity index is 2.23. The third kappa shape index (κ3) is 3.13. The van der Waals surface area contributed by atoms with Crippen molar-refractivity contribution in [2.24, 2.45) is 5.73 Å². The number of hydrogen-bond donors (Lipinski definition) is 2. The molecular formula is C13H17BrFN3O. The molecule has 6 heteroatoms. The number of hydrogen-bond acceptors (Lipinski definition) is 3. The molecule has 4 nitrogen and oxygen atoms in total. The van der Waals surface area contributed by atoms with Crippen LogP contribution in [0.5, 0.6) is 0 Å². The van der Waals surface area contributed by atoms with E-state index in [2.05, 4.69) is 26.1 Å². The van der Waals surface area contributed by atoms with Gasteiger partial charge in [-0.2, -0.15) is 0 Å². The summed E-state index contributed by atoms with van der Waals surface area (Å²) in [5.41, 5.74) is 6.40. The Kier molecular flexibility index (Phi) is 4.54. The van der Waals surface area contributed by atoms with Crippen LogP contribution in [0.2, 0.25) is 0 Å². The van der Waals surface area contributed by atoms with Crippen LogP contribution < -0.4 is 11.1 Å². The van der Waals surface area contributed by atoms with E-state index in [9.17, 15) is 9.18 Å². The maximum absolute atomic E-state index is 13.3. The van der Waals surface area contributed by atoms with Crippen molar-refractivity contribution in [3.8, 4) is 0 Å². The fraction of sp³-hybridized carbons (Fsp3) is 0.462. The lowest BCUT2D eigenvalue weighted by molar-refractivity contribution is -0.124. The maximum Gasteiger partial charge on any atom is 0.236 e. The van der Waals surface area contributed by atoms with Crippen LogP contribution in [0.1, 0.15) is 18.5 Å². The number of benzene rings is 1. The molecule has 1 saturated heterocycles. The smallest absolute Gasteiger partial charge is 0.236 e. The van der Waals surface area contributed by atoms with E-state index >= 15 is 0 Å². The van der Waals surface area contributed by atoms with E-state index in [1.165, 1.54) is 6.07 Å². The lowest BCUT2D eigenvalue weighted by Crippen LogP contribution is -2.57. The fourth-order valence-electron chi connectivity index (χ4n) is 2.41. The van der Waals surface area contributed by atoms with Crippen molar-refractivity contribution >= 4 is 21.8 Å². The molecular weight excluding hydrogens is 313 g/mol. The van der Waals surface area contributed by atoms with Gasteiger partial charge in [-0.1, -0.05) is 6.07 Å². The molecule has 2 atom stereocenters. The van der Waals surface area contributed by atoms with Gasteiger partial charge in [-0.25, -0.2) is 4.39 Å². The van der Waals surface area contributed by atoms with Crippen molar-refractivity contribution in [1.82, 2.24) is 10.2 Å². The van der Waals surface area contributed by atoms with Crippen molar-refractivity contribution in [1.29, 1.82) is 0 Å². The van der Waals surface area contributed by atoms with Gasteiger partial charge in [0.2, 0.25) is 5.91 Å². The van der Waals surface area contributed by atoms with Crippen LogP contribution in [-0.2, 0) is 4.79 Å². The Morgan fingerprint density at radius 3 is 3.00 bits per heavy atom. The zero-order valence-corrected chi connectivity index (χ0v) is 12.3. The molecule has 0 aliphatic carbocycles. The molecule has 19 heavy (non-hydrogen) atoms. The molecule has 1 amide bonds. The summed E-state index contributed by atoms with van der Waals surface area (Å²) >= 11 is 3.18. The molecule has 0 saturated carbocycles. The lowest BCUT2D eigenvalue weighted by Gasteiger charge is -2.38. The summed E-state index contributed by atoms with van der Waals surface area (Å²) in [6.07, 6.45) is 0. The first-order valence-corrected chi connectivity index (χ1v) is 7.00. The van der Waals surface area contributed by atoms with E-state index in [-0.39, 0.29) is 23.8 Å². The van der Waals surface area contributed by atoms with E-state index in [0.29, 0.717) is 11.0 Å². The van der Waals surface area contributed by atoms with E-state index in [4.69, 9.17) is 5.73 Å². The zero-order valence-electron chi connectivity index (χ0n) is 10.7. The highest BCUT2D eigenvalue weighted by Gasteiger charge is 2.30. The minimum Gasteiger partial charge on any atom is -0.368 e. The number of nitrogens with one attached hydrogen (secondary N) is 1. The van der Waals surface area contributed by atoms with E-state index in [1.807, 2.05) is 6.92 Å². The summed E-state index contributed by atoms with van der Waals surface area (Å²) in [6.45, 7) is 4.11. The first-order valence-electron chi connectivity index (χ1n) is 6.21. The van der Waals surface area contributed by atoms with Crippen LogP contribution >= 0.6 is 15.9 Å². The van der Waals surface area contributed by atoms with Crippen LogP contribution in [0.15, 0.2) is 22.7 Å². The van der Waals surface area contributed by atoms with Crippen molar-refractivity contribution in [2.45, 2.75) is 19.0 Å². The topological polar surface area (TPSA) is 58.4 Å². The zero-order chi connectivity index (χ0) is 14.0. The Hall–Kier alpha value is -0.980. The van der Waals surface area contributed by atoms with E-state index in [1.54, 1.807) is 12.1 Å². The van der Waals surface area contributed by atoms with Gasteiger partial charge in [-0.15, -0.1) is 0 Å². The van der Waals surface area contributed by atoms with Gasteiger partial charge >= 0.3 is 0 Å². The molecule has 3 N–H and O–H groups in total. The van der Waals surface area contributed by atoms with Crippen molar-refractivity contribution < 1.29 is 9.18 Å². The molecule has 0 spiro atoms. The molecule has 0 aromatic heterocycles. The Morgan fingerprint density at radius 1 is 1.63 bits per heavy atom. The Labute approximate surface area is 120 Å². The predicted molar refractivity (Wildman–Crippen MR) is 75.1 cm³/mol. The van der Waals surface area contributed by atoms with Crippen LogP contribution in [-0.4, -0.2) is 36.5 Å². The second kappa shape index (κ2) is 5.98. The van der Waals surface area contributed by atoms with E-state index in [0.717, 1.165) is 18.7 Å². The summed E-state index contributed by atoms with van der Waals surface area (Å²) in [4.78, 5) is 13.5. The molecule has 1 aliphatic rings. The van der Waals surface area contributed by atoms with Crippen molar-refractivity contribution in [2.75, 3.05) is 19.6 Å². The molecule has 0 bridgehead atoms. The minimum absolute atomic E-state index is 0.0106. The summed E-state index contributed by atoms with van der Waals surface area (Å²) in [7, 11) is 0. The van der Waals surface area contributed by atoms with Crippen molar-refractivity contribution in [3.63, 3.8) is 0 Å². The number of rotatable bonds is 3. The number of nitrogens with zero attached hydrogens (tertiary/aromatic N) is 1. The molecule has 104 valence electrons. The maximum atomic E-state index is 13.3. The second-order valence-corrected chi connectivity index (χ2v) is 5.56. The molecule has 1 aromatic rings. The molecule has 2 rings (SSSR count). The quantitative estimate of drug-likeness (QED) is 0.881. The highest BCUT2D eigenvalue weighted by molar-refractivity contribution is 9.10. The Bertz CT molecular complexity index is 483. The highest BCUT2D eigenvalue weighted by Crippen LogP contribution is 2.27. The fourth-order valence-corrected chi connectivity index (χ4v) is 2.81. The number of piperazine rings is 1. The van der Waals surface area contributed by atoms with Gasteiger partial charge in [0.15, 0.2) is 0 Å². The minimum atomic E-state index is -0.333. The summed E-state index contributed by atoms with van der Waals surface area (Å²) in [6, 6.07) is 4.60. The number of nitrogens with two attached hydrogens (primary N) is 1. The molecule has 2 unspecified atom stereocenters. The number of primary amides is 1. The lowest BCUT2D eigenvalue weighted by atomic mass is 10.0. The molecule has 0 radical (unpaired) electrons. The van der Waals surface area contributed by atoms with Gasteiger partial charge in [0, 0.05) is 25.7 Å². The predicted octanol–water partition coefficient (Wildman–Crippen LogP) is 1.41. The number of carbonyl (C=O) groups excluding carboxylic acids is 1. The highest BCUT2D eigenvalue weighted by atomic mass is 79.9. The largest absolute Gasteiger partial charge is 0.368 e. The van der Waals surface area contributed by atoms with Crippen LogP contribution in [0.25, 0.3) is 0 Å². The summed E-state index contributed by atoms with van der Waals surface area (Å²) in [5, 5.41) is 3.16. The van der Waals surface area contributed by atoms with Crippen molar-refractivity contribution in [3.05, 3.63) is 34.1 Å². The normalized spacial score (nSPS) is 22.2. The standard InChI is InChI=1S/C13H17BrFN3O/c1-8(9-2-3-11(15)10(14)6-9)18-5-4-17-7-12(18)13(16)19/h2-3,6,8,12,17H,4-5,7H2,1H3,(H2,16,19). The number of halogens is 2. The first-order chi connectivity index (χ1) is 9.00. The summed E-state index contributed by atoms with van der Waals surface area (Å²) in [5.74, 6) is -0.622. The Morgan fingerprint density at radius 2 is 2.37 bits per heavy atom. The van der Waals surface area contributed by atoms with Gasteiger partial charge < -0.3 is 11.1 Å². The average Bonchev–Trinajstić information content (AvgIpc) is 2.41. The molecule has 1 aliphatic heterocycles. The summed E-state index contributed by atoms with van der Waals surface area (Å²) < 4.78 is 13.7. The molecule has 1 aromatic carbocycles. The SMILES string of the molecule is CC(c1ccc(F)c(Br)c1)N1CCNCC1C(N)=O. The first kappa shape index (κ1) is 14.4. The van der Waals surface area contributed by atoms with Crippen LogP contribution in [0.3, 0.4) is 0 Å². The van der Waals surface area contributed by atoms with Gasteiger partial charge in [0.1, 0.15) is 11.9 Å². The monoisotopic (exact) mass is 329 g/mol. The molecule has 1 heterocycles. The third-order valence-corrected chi connectivity index (χ3v) is 4.14. The van der Waals surface area contributed by atoms with Crippen LogP contribution in [0.4, 0.5) is 4.39 Å². The second-order valence-electron chi connectivity index (χ2n) is 4.71.